The molecular weight excluding hydrogens is 236 g/mol. The Kier molecular flexibility index (Phi) is 3.00. The van der Waals surface area contributed by atoms with Gasteiger partial charge in [0, 0.05) is 29.9 Å². The van der Waals surface area contributed by atoms with Gasteiger partial charge in [0.25, 0.3) is 5.91 Å². The highest BCUT2D eigenvalue weighted by atomic mass is 16.2. The molecule has 2 aliphatic heterocycles. The molecule has 0 spiro atoms. The van der Waals surface area contributed by atoms with E-state index in [0.29, 0.717) is 0 Å². The number of carbonyl (C=O) groups excluding carboxylic acids is 1. The molecule has 2 aliphatic rings. The second-order valence-electron chi connectivity index (χ2n) is 6.28. The number of hydrogen-bond acceptors (Lipinski definition) is 2. The second-order valence-corrected chi connectivity index (χ2v) is 6.28. The summed E-state index contributed by atoms with van der Waals surface area (Å²) in [5, 5.41) is 3.39. The Morgan fingerprint density at radius 1 is 1.32 bits per heavy atom. The number of amides is 1. The minimum Gasteiger partial charge on any atom is -0.385 e. The van der Waals surface area contributed by atoms with Crippen LogP contribution in [0, 0.1) is 0 Å². The maximum Gasteiger partial charge on any atom is 0.254 e. The van der Waals surface area contributed by atoms with Crippen molar-refractivity contribution in [2.45, 2.75) is 45.1 Å². The molecule has 1 amide bonds. The van der Waals surface area contributed by atoms with Gasteiger partial charge in [-0.1, -0.05) is 0 Å². The minimum absolute atomic E-state index is 0.00519. The topological polar surface area (TPSA) is 32.3 Å². The van der Waals surface area contributed by atoms with Crippen molar-refractivity contribution < 1.29 is 4.79 Å². The molecule has 3 nitrogen and oxygen atoms in total. The van der Waals surface area contributed by atoms with Crippen LogP contribution >= 0.6 is 0 Å². The second kappa shape index (κ2) is 4.55. The summed E-state index contributed by atoms with van der Waals surface area (Å²) in [7, 11) is 0. The molecule has 3 rings (SSSR count). The van der Waals surface area contributed by atoms with Gasteiger partial charge in [-0.05, 0) is 63.3 Å². The molecule has 1 saturated heterocycles. The molecule has 102 valence electrons. The number of likely N-dealkylation sites (tertiary alicyclic amines) is 1. The van der Waals surface area contributed by atoms with Crippen molar-refractivity contribution in [2.75, 3.05) is 18.4 Å². The van der Waals surface area contributed by atoms with E-state index in [0.717, 1.165) is 44.3 Å². The quantitative estimate of drug-likeness (QED) is 0.839. The minimum atomic E-state index is 0.00519. The zero-order chi connectivity index (χ0) is 13.5. The first-order chi connectivity index (χ1) is 9.08. The van der Waals surface area contributed by atoms with Gasteiger partial charge < -0.3 is 10.2 Å². The highest BCUT2D eigenvalue weighted by molar-refractivity contribution is 5.95. The summed E-state index contributed by atoms with van der Waals surface area (Å²) >= 11 is 0. The summed E-state index contributed by atoms with van der Waals surface area (Å²) in [6, 6.07) is 6.11. The van der Waals surface area contributed by atoms with Crippen molar-refractivity contribution in [1.82, 2.24) is 4.90 Å². The standard InChI is InChI=1S/C16H22N2O/c1-16(2)8-4-10-18(16)15(19)13-6-7-14-12(11-13)5-3-9-17-14/h6-7,11,17H,3-5,8-10H2,1-2H3. The highest BCUT2D eigenvalue weighted by Crippen LogP contribution is 2.31. The van der Waals surface area contributed by atoms with Gasteiger partial charge in [0.1, 0.15) is 0 Å². The van der Waals surface area contributed by atoms with Crippen LogP contribution in [-0.2, 0) is 6.42 Å². The van der Waals surface area contributed by atoms with Crippen LogP contribution in [0.25, 0.3) is 0 Å². The average Bonchev–Trinajstić information content (AvgIpc) is 2.77. The number of carbonyl (C=O) groups is 1. The Hall–Kier alpha value is -1.51. The van der Waals surface area contributed by atoms with Crippen LogP contribution < -0.4 is 5.32 Å². The van der Waals surface area contributed by atoms with E-state index < -0.39 is 0 Å². The summed E-state index contributed by atoms with van der Waals surface area (Å²) in [6.07, 6.45) is 4.45. The molecule has 0 atom stereocenters. The molecule has 1 aromatic carbocycles. The fourth-order valence-corrected chi connectivity index (χ4v) is 3.25. The average molecular weight is 258 g/mol. The van der Waals surface area contributed by atoms with Gasteiger partial charge >= 0.3 is 0 Å². The monoisotopic (exact) mass is 258 g/mol. The third kappa shape index (κ3) is 2.22. The maximum absolute atomic E-state index is 12.7. The zero-order valence-electron chi connectivity index (χ0n) is 11.8. The Morgan fingerprint density at radius 3 is 2.89 bits per heavy atom. The van der Waals surface area contributed by atoms with Crippen molar-refractivity contribution in [3.8, 4) is 0 Å². The van der Waals surface area contributed by atoms with Crippen molar-refractivity contribution in [1.29, 1.82) is 0 Å². The van der Waals surface area contributed by atoms with Crippen molar-refractivity contribution in [2.24, 2.45) is 0 Å². The van der Waals surface area contributed by atoms with Gasteiger partial charge in [-0.3, -0.25) is 4.79 Å². The lowest BCUT2D eigenvalue weighted by Crippen LogP contribution is -2.42. The van der Waals surface area contributed by atoms with Crippen molar-refractivity contribution in [3.63, 3.8) is 0 Å². The molecule has 0 bridgehead atoms. The molecule has 1 N–H and O–H groups in total. The molecule has 0 aromatic heterocycles. The fourth-order valence-electron chi connectivity index (χ4n) is 3.25. The predicted octanol–water partition coefficient (Wildman–Crippen LogP) is 3.06. The molecule has 0 radical (unpaired) electrons. The lowest BCUT2D eigenvalue weighted by molar-refractivity contribution is 0.0652. The zero-order valence-corrected chi connectivity index (χ0v) is 11.8. The summed E-state index contributed by atoms with van der Waals surface area (Å²) in [5.41, 5.74) is 3.33. The van der Waals surface area contributed by atoms with Gasteiger partial charge in [0.05, 0.1) is 0 Å². The first-order valence-corrected chi connectivity index (χ1v) is 7.27. The van der Waals surface area contributed by atoms with Gasteiger partial charge in [-0.2, -0.15) is 0 Å². The summed E-state index contributed by atoms with van der Waals surface area (Å²) in [6.45, 7) is 6.26. The van der Waals surface area contributed by atoms with E-state index in [1.54, 1.807) is 0 Å². The Morgan fingerprint density at radius 2 is 2.16 bits per heavy atom. The van der Waals surface area contributed by atoms with Crippen LogP contribution in [0.5, 0.6) is 0 Å². The Balaban J connectivity index is 1.88. The fraction of sp³-hybridized carbons (Fsp3) is 0.562. The van der Waals surface area contributed by atoms with Crippen molar-refractivity contribution >= 4 is 11.6 Å². The number of anilines is 1. The number of fused-ring (bicyclic) bond motifs is 1. The lowest BCUT2D eigenvalue weighted by atomic mass is 9.98. The van der Waals surface area contributed by atoms with Crippen LogP contribution in [0.1, 0.15) is 49.0 Å². The number of nitrogens with one attached hydrogen (secondary N) is 1. The van der Waals surface area contributed by atoms with Crippen molar-refractivity contribution in [3.05, 3.63) is 29.3 Å². The van der Waals surface area contributed by atoms with E-state index in [2.05, 4.69) is 31.3 Å². The number of hydrogen-bond donors (Lipinski definition) is 1. The van der Waals surface area contributed by atoms with Gasteiger partial charge in [-0.15, -0.1) is 0 Å². The third-order valence-corrected chi connectivity index (χ3v) is 4.44. The van der Waals surface area contributed by atoms with E-state index in [4.69, 9.17) is 0 Å². The van der Waals surface area contributed by atoms with Crippen LogP contribution in [0.3, 0.4) is 0 Å². The summed E-state index contributed by atoms with van der Waals surface area (Å²) < 4.78 is 0. The maximum atomic E-state index is 12.7. The Bertz CT molecular complexity index is 507. The number of benzene rings is 1. The molecule has 19 heavy (non-hydrogen) atoms. The predicted molar refractivity (Wildman–Crippen MR) is 77.6 cm³/mol. The van der Waals surface area contributed by atoms with E-state index in [9.17, 15) is 4.79 Å². The highest BCUT2D eigenvalue weighted by Gasteiger charge is 2.35. The van der Waals surface area contributed by atoms with Crippen LogP contribution in [0.2, 0.25) is 0 Å². The van der Waals surface area contributed by atoms with Gasteiger partial charge in [-0.25, -0.2) is 0 Å². The summed E-state index contributed by atoms with van der Waals surface area (Å²) in [5.74, 6) is 0.191. The van der Waals surface area contributed by atoms with E-state index in [1.807, 2.05) is 11.0 Å². The van der Waals surface area contributed by atoms with Crippen LogP contribution in [-0.4, -0.2) is 29.4 Å². The lowest BCUT2D eigenvalue weighted by Gasteiger charge is -2.32. The smallest absolute Gasteiger partial charge is 0.254 e. The molecule has 1 aromatic rings. The number of aryl methyl sites for hydroxylation is 1. The molecule has 0 saturated carbocycles. The molecule has 3 heteroatoms. The molecule has 2 heterocycles. The van der Waals surface area contributed by atoms with Gasteiger partial charge in [0.2, 0.25) is 0 Å². The molecule has 1 fully saturated rings. The van der Waals surface area contributed by atoms with Gasteiger partial charge in [0.15, 0.2) is 0 Å². The third-order valence-electron chi connectivity index (χ3n) is 4.44. The largest absolute Gasteiger partial charge is 0.385 e. The summed E-state index contributed by atoms with van der Waals surface area (Å²) in [4.78, 5) is 14.7. The first kappa shape index (κ1) is 12.5. The number of rotatable bonds is 1. The van der Waals surface area contributed by atoms with Crippen LogP contribution in [0.4, 0.5) is 5.69 Å². The van der Waals surface area contributed by atoms with E-state index in [1.165, 1.54) is 11.3 Å². The molecular formula is C16H22N2O. The Labute approximate surface area is 115 Å². The van der Waals surface area contributed by atoms with Crippen LogP contribution in [0.15, 0.2) is 18.2 Å². The first-order valence-electron chi connectivity index (χ1n) is 7.27. The molecule has 0 unspecified atom stereocenters. The number of nitrogens with zero attached hydrogens (tertiary/aromatic N) is 1. The SMILES string of the molecule is CC1(C)CCCN1C(=O)c1ccc2c(c1)CCCN2. The molecule has 0 aliphatic carbocycles. The normalized spacial score (nSPS) is 20.8. The van der Waals surface area contributed by atoms with E-state index in [-0.39, 0.29) is 11.4 Å². The van der Waals surface area contributed by atoms with E-state index >= 15 is 0 Å².